The van der Waals surface area contributed by atoms with Gasteiger partial charge in [-0.05, 0) is 79.9 Å². The third-order valence-corrected chi connectivity index (χ3v) is 4.32. The lowest BCUT2D eigenvalue weighted by Gasteiger charge is -2.13. The van der Waals surface area contributed by atoms with Crippen molar-refractivity contribution >= 4 is 29.4 Å². The Hall–Kier alpha value is -4.07. The minimum absolute atomic E-state index is 0.0449. The predicted octanol–water partition coefficient (Wildman–Crippen LogP) is 4.07. The zero-order chi connectivity index (χ0) is 22.4. The number of aromatic nitrogens is 2. The van der Waals surface area contributed by atoms with Crippen molar-refractivity contribution in [1.29, 1.82) is 0 Å². The zero-order valence-electron chi connectivity index (χ0n) is 17.7. The Morgan fingerprint density at radius 3 is 2.45 bits per heavy atom. The maximum Gasteiger partial charge on any atom is 0.354 e. The quantitative estimate of drug-likeness (QED) is 0.297. The number of carbonyl (C=O) groups is 1. The highest BCUT2D eigenvalue weighted by Gasteiger charge is 2.11. The first-order chi connectivity index (χ1) is 14.9. The van der Waals surface area contributed by atoms with E-state index in [1.165, 1.54) is 0 Å². The van der Waals surface area contributed by atoms with E-state index >= 15 is 0 Å². The largest absolute Gasteiger partial charge is 0.461 e. The van der Waals surface area contributed by atoms with Crippen LogP contribution in [0.25, 0.3) is 6.08 Å². The number of anilines is 3. The van der Waals surface area contributed by atoms with E-state index in [0.717, 1.165) is 22.4 Å². The van der Waals surface area contributed by atoms with Gasteiger partial charge in [-0.2, -0.15) is 4.98 Å². The lowest BCUT2D eigenvalue weighted by Crippen LogP contribution is -2.14. The number of benzene rings is 2. The number of nitrogens with one attached hydrogen (secondary N) is 1. The Labute approximate surface area is 180 Å². The molecule has 0 amide bonds. The summed E-state index contributed by atoms with van der Waals surface area (Å²) < 4.78 is 10.9. The van der Waals surface area contributed by atoms with Crippen molar-refractivity contribution in [2.24, 2.45) is 5.73 Å². The molecule has 2 aromatic carbocycles. The Kier molecular flexibility index (Phi) is 6.71. The minimum Gasteiger partial charge on any atom is -0.461 e. The Morgan fingerprint density at radius 1 is 1.13 bits per heavy atom. The van der Waals surface area contributed by atoms with Gasteiger partial charge in [-0.15, -0.1) is 0 Å². The number of ether oxygens (including phenoxy) is 2. The molecule has 0 radical (unpaired) electrons. The summed E-state index contributed by atoms with van der Waals surface area (Å²) in [6, 6.07) is 12.7. The highest BCUT2D eigenvalue weighted by atomic mass is 16.5. The number of nitrogens with two attached hydrogens (primary N) is 2. The summed E-state index contributed by atoms with van der Waals surface area (Å²) in [6.07, 6.45) is 3.20. The lowest BCUT2D eigenvalue weighted by atomic mass is 10.0. The number of nitrogens with zero attached hydrogens (tertiary/aromatic N) is 2. The molecule has 0 aliphatic carbocycles. The summed E-state index contributed by atoms with van der Waals surface area (Å²) in [4.78, 5) is 20.4. The molecular weight excluding hydrogens is 394 g/mol. The van der Waals surface area contributed by atoms with Crippen LogP contribution >= 0.6 is 0 Å². The van der Waals surface area contributed by atoms with Crippen molar-refractivity contribution < 1.29 is 14.3 Å². The summed E-state index contributed by atoms with van der Waals surface area (Å²) >= 11 is 0. The number of carbonyl (C=O) groups excluding carboxylic acids is 1. The molecule has 5 N–H and O–H groups in total. The van der Waals surface area contributed by atoms with Crippen LogP contribution in [0, 0.1) is 13.8 Å². The second-order valence-electron chi connectivity index (χ2n) is 6.87. The fourth-order valence-electron chi connectivity index (χ4n) is 2.94. The highest BCUT2D eigenvalue weighted by molar-refractivity contribution is 5.92. The third kappa shape index (κ3) is 5.72. The van der Waals surface area contributed by atoms with Crippen LogP contribution in [0.5, 0.6) is 11.6 Å². The van der Waals surface area contributed by atoms with Crippen molar-refractivity contribution in [3.63, 3.8) is 0 Å². The fourth-order valence-corrected chi connectivity index (χ4v) is 2.94. The molecule has 0 aliphatic rings. The van der Waals surface area contributed by atoms with E-state index in [0.29, 0.717) is 23.3 Å². The highest BCUT2D eigenvalue weighted by Crippen LogP contribution is 2.30. The Bertz CT molecular complexity index is 1090. The molecule has 0 unspecified atom stereocenters. The maximum absolute atomic E-state index is 11.7. The number of rotatable bonds is 7. The van der Waals surface area contributed by atoms with E-state index in [2.05, 4.69) is 15.3 Å². The predicted molar refractivity (Wildman–Crippen MR) is 121 cm³/mol. The van der Waals surface area contributed by atoms with Crippen LogP contribution in [0.1, 0.15) is 23.6 Å². The van der Waals surface area contributed by atoms with Crippen molar-refractivity contribution in [3.05, 3.63) is 71.0 Å². The number of nitrogen functional groups attached to an aromatic ring is 1. The second-order valence-corrected chi connectivity index (χ2v) is 6.87. The second kappa shape index (κ2) is 9.62. The SMILES string of the molecule is CCOC(=O)/C(N)=C/c1cc(C)c(Oc2ccnc(Nc3ccc(N)cc3)n2)c(C)c1. The average Bonchev–Trinajstić information content (AvgIpc) is 2.73. The first-order valence-corrected chi connectivity index (χ1v) is 9.74. The molecule has 0 spiro atoms. The minimum atomic E-state index is -0.541. The van der Waals surface area contributed by atoms with Gasteiger partial charge in [0, 0.05) is 23.6 Å². The molecule has 0 saturated heterocycles. The summed E-state index contributed by atoms with van der Waals surface area (Å²) in [5.41, 5.74) is 15.6. The first kappa shape index (κ1) is 21.6. The standard InChI is InChI=1S/C23H25N5O3/c1-4-30-22(29)19(25)13-16-11-14(2)21(15(3)12-16)31-20-9-10-26-23(28-20)27-18-7-5-17(24)6-8-18/h5-13H,4,24-25H2,1-3H3,(H,26,27,28)/b19-13-. The van der Waals surface area contributed by atoms with Gasteiger partial charge in [-0.3, -0.25) is 0 Å². The summed E-state index contributed by atoms with van der Waals surface area (Å²) in [5, 5.41) is 3.11. The number of hydrogen-bond acceptors (Lipinski definition) is 8. The molecule has 160 valence electrons. The van der Waals surface area contributed by atoms with Crippen molar-refractivity contribution in [2.45, 2.75) is 20.8 Å². The molecule has 1 heterocycles. The molecule has 3 aromatic rings. The maximum atomic E-state index is 11.7. The van der Waals surface area contributed by atoms with Crippen molar-refractivity contribution in [2.75, 3.05) is 17.7 Å². The van der Waals surface area contributed by atoms with Gasteiger partial charge in [-0.1, -0.05) is 0 Å². The van der Waals surface area contributed by atoms with Gasteiger partial charge in [0.1, 0.15) is 11.4 Å². The first-order valence-electron chi connectivity index (χ1n) is 9.74. The molecular formula is C23H25N5O3. The molecule has 0 atom stereocenters. The van der Waals surface area contributed by atoms with Gasteiger partial charge < -0.3 is 26.3 Å². The Balaban J connectivity index is 1.79. The van der Waals surface area contributed by atoms with Gasteiger partial charge in [0.2, 0.25) is 11.8 Å². The van der Waals surface area contributed by atoms with Crippen LogP contribution in [0.4, 0.5) is 17.3 Å². The number of hydrogen-bond donors (Lipinski definition) is 3. The van der Waals surface area contributed by atoms with E-state index in [1.54, 1.807) is 37.4 Å². The molecule has 0 fully saturated rings. The van der Waals surface area contributed by atoms with E-state index in [4.69, 9.17) is 20.9 Å². The van der Waals surface area contributed by atoms with E-state index in [9.17, 15) is 4.79 Å². The van der Waals surface area contributed by atoms with Crippen LogP contribution in [0.15, 0.2) is 54.4 Å². The van der Waals surface area contributed by atoms with Crippen LogP contribution in [0.2, 0.25) is 0 Å². The normalized spacial score (nSPS) is 11.1. The van der Waals surface area contributed by atoms with Crippen LogP contribution < -0.4 is 21.5 Å². The monoisotopic (exact) mass is 419 g/mol. The molecule has 8 heteroatoms. The summed E-state index contributed by atoms with van der Waals surface area (Å²) in [7, 11) is 0. The molecule has 0 aliphatic heterocycles. The zero-order valence-corrected chi connectivity index (χ0v) is 17.7. The summed E-state index contributed by atoms with van der Waals surface area (Å²) in [5.74, 6) is 0.928. The van der Waals surface area contributed by atoms with Gasteiger partial charge in [0.05, 0.1) is 6.61 Å². The van der Waals surface area contributed by atoms with E-state index < -0.39 is 5.97 Å². The summed E-state index contributed by atoms with van der Waals surface area (Å²) in [6.45, 7) is 5.83. The average molecular weight is 419 g/mol. The van der Waals surface area contributed by atoms with Gasteiger partial charge in [0.25, 0.3) is 0 Å². The molecule has 1 aromatic heterocycles. The van der Waals surface area contributed by atoms with E-state index in [1.807, 2.05) is 38.1 Å². The Morgan fingerprint density at radius 2 is 1.81 bits per heavy atom. The molecule has 0 bridgehead atoms. The van der Waals surface area contributed by atoms with Gasteiger partial charge >= 0.3 is 5.97 Å². The topological polar surface area (TPSA) is 125 Å². The van der Waals surface area contributed by atoms with Crippen molar-refractivity contribution in [1.82, 2.24) is 9.97 Å². The number of aryl methyl sites for hydroxylation is 2. The fraction of sp³-hybridized carbons (Fsp3) is 0.174. The van der Waals surface area contributed by atoms with E-state index in [-0.39, 0.29) is 12.3 Å². The molecule has 8 nitrogen and oxygen atoms in total. The number of esters is 1. The third-order valence-electron chi connectivity index (χ3n) is 4.32. The van der Waals surface area contributed by atoms with Crippen LogP contribution in [0.3, 0.4) is 0 Å². The molecule has 3 rings (SSSR count). The van der Waals surface area contributed by atoms with Crippen LogP contribution in [-0.4, -0.2) is 22.5 Å². The lowest BCUT2D eigenvalue weighted by molar-refractivity contribution is -0.138. The van der Waals surface area contributed by atoms with Gasteiger partial charge in [-0.25, -0.2) is 9.78 Å². The smallest absolute Gasteiger partial charge is 0.354 e. The van der Waals surface area contributed by atoms with Gasteiger partial charge in [0.15, 0.2) is 0 Å². The molecule has 31 heavy (non-hydrogen) atoms. The van der Waals surface area contributed by atoms with Crippen LogP contribution in [-0.2, 0) is 9.53 Å². The van der Waals surface area contributed by atoms with Crippen molar-refractivity contribution in [3.8, 4) is 11.6 Å². The molecule has 0 saturated carbocycles.